The Morgan fingerprint density at radius 3 is 2.92 bits per heavy atom. The summed E-state index contributed by atoms with van der Waals surface area (Å²) >= 11 is 1.56. The van der Waals surface area contributed by atoms with E-state index in [1.807, 2.05) is 11.4 Å². The molecule has 1 fully saturated rings. The number of hydrogen-bond acceptors (Lipinski definition) is 5. The normalized spacial score (nSPS) is 17.5. The summed E-state index contributed by atoms with van der Waals surface area (Å²) in [7, 11) is 0. The molecule has 0 radical (unpaired) electrons. The molecule has 0 aliphatic carbocycles. The monoisotopic (exact) mass is 339 g/mol. The maximum Gasteiger partial charge on any atom is 0.374 e. The number of aryl methyl sites for hydroxylation is 1. The van der Waals surface area contributed by atoms with Crippen LogP contribution in [0, 0.1) is 6.92 Å². The minimum absolute atomic E-state index is 0.129. The highest BCUT2D eigenvalue weighted by Gasteiger charge is 2.28. The largest absolute Gasteiger partial charge is 0.475 e. The maximum atomic E-state index is 11.3. The van der Waals surface area contributed by atoms with E-state index in [0.717, 1.165) is 30.0 Å². The predicted octanol–water partition coefficient (Wildman–Crippen LogP) is 3.69. The van der Waals surface area contributed by atoms with Crippen LogP contribution in [0.1, 0.15) is 34.1 Å². The highest BCUT2D eigenvalue weighted by atomic mass is 32.1. The smallest absolute Gasteiger partial charge is 0.374 e. The predicted molar refractivity (Wildman–Crippen MR) is 95.1 cm³/mol. The molecule has 1 aliphatic rings. The molecule has 0 amide bonds. The Morgan fingerprint density at radius 1 is 1.29 bits per heavy atom. The molecular weight excluding hydrogens is 322 g/mol. The van der Waals surface area contributed by atoms with Gasteiger partial charge in [-0.15, -0.1) is 11.3 Å². The zero-order chi connectivity index (χ0) is 16.7. The SMILES string of the molecule is Cc1ccccc1C1CCN(c2nc(C(=O)O)nc3ccsc23)C1. The van der Waals surface area contributed by atoms with Crippen molar-refractivity contribution >= 4 is 33.3 Å². The third kappa shape index (κ3) is 2.53. The van der Waals surface area contributed by atoms with Crippen LogP contribution in [0.5, 0.6) is 0 Å². The van der Waals surface area contributed by atoms with E-state index in [4.69, 9.17) is 0 Å². The molecule has 1 saturated heterocycles. The number of nitrogens with zero attached hydrogens (tertiary/aromatic N) is 3. The molecule has 1 aliphatic heterocycles. The van der Waals surface area contributed by atoms with Crippen LogP contribution >= 0.6 is 11.3 Å². The Bertz CT molecular complexity index is 922. The van der Waals surface area contributed by atoms with Gasteiger partial charge in [0.15, 0.2) is 5.82 Å². The quantitative estimate of drug-likeness (QED) is 0.788. The van der Waals surface area contributed by atoms with Crippen molar-refractivity contribution < 1.29 is 9.90 Å². The van der Waals surface area contributed by atoms with Crippen LogP contribution in [0.3, 0.4) is 0 Å². The topological polar surface area (TPSA) is 66.3 Å². The summed E-state index contributed by atoms with van der Waals surface area (Å²) in [6.07, 6.45) is 1.05. The van der Waals surface area contributed by atoms with Crippen molar-refractivity contribution in [3.63, 3.8) is 0 Å². The molecule has 122 valence electrons. The average molecular weight is 339 g/mol. The van der Waals surface area contributed by atoms with Gasteiger partial charge in [0.05, 0.1) is 10.2 Å². The van der Waals surface area contributed by atoms with Gasteiger partial charge in [0.1, 0.15) is 0 Å². The first-order valence-corrected chi connectivity index (χ1v) is 8.80. The summed E-state index contributed by atoms with van der Waals surface area (Å²) in [6.45, 7) is 3.87. The lowest BCUT2D eigenvalue weighted by atomic mass is 9.94. The van der Waals surface area contributed by atoms with Gasteiger partial charge in [-0.1, -0.05) is 24.3 Å². The van der Waals surface area contributed by atoms with Crippen LogP contribution in [0.25, 0.3) is 10.2 Å². The molecule has 0 spiro atoms. The number of hydrogen-bond donors (Lipinski definition) is 1. The van der Waals surface area contributed by atoms with Gasteiger partial charge in [-0.05, 0) is 35.9 Å². The number of benzene rings is 1. The minimum Gasteiger partial charge on any atom is -0.475 e. The standard InChI is InChI=1S/C18H17N3O2S/c1-11-4-2-3-5-13(11)12-6-8-21(10-12)17-15-14(7-9-24-15)19-16(20-17)18(22)23/h2-5,7,9,12H,6,8,10H2,1H3,(H,22,23). The fourth-order valence-corrected chi connectivity index (χ4v) is 4.26. The van der Waals surface area contributed by atoms with Crippen LogP contribution in [0.4, 0.5) is 5.82 Å². The first kappa shape index (κ1) is 15.1. The second-order valence-electron chi connectivity index (χ2n) is 6.10. The Morgan fingerprint density at radius 2 is 2.12 bits per heavy atom. The molecule has 4 rings (SSSR count). The lowest BCUT2D eigenvalue weighted by Crippen LogP contribution is -2.22. The molecule has 1 unspecified atom stereocenters. The molecular formula is C18H17N3O2S. The van der Waals surface area contributed by atoms with E-state index in [1.165, 1.54) is 11.1 Å². The van der Waals surface area contributed by atoms with Gasteiger partial charge in [0.25, 0.3) is 0 Å². The lowest BCUT2D eigenvalue weighted by Gasteiger charge is -2.19. The number of fused-ring (bicyclic) bond motifs is 1. The van der Waals surface area contributed by atoms with Gasteiger partial charge in [0, 0.05) is 19.0 Å². The molecule has 5 nitrogen and oxygen atoms in total. The van der Waals surface area contributed by atoms with Crippen molar-refractivity contribution in [2.24, 2.45) is 0 Å². The fourth-order valence-electron chi connectivity index (χ4n) is 3.41. The molecule has 1 atom stereocenters. The molecule has 6 heteroatoms. The van der Waals surface area contributed by atoms with Gasteiger partial charge < -0.3 is 10.0 Å². The van der Waals surface area contributed by atoms with E-state index in [1.54, 1.807) is 11.3 Å². The van der Waals surface area contributed by atoms with Crippen LogP contribution in [0.15, 0.2) is 35.7 Å². The molecule has 0 saturated carbocycles. The summed E-state index contributed by atoms with van der Waals surface area (Å²) in [5, 5.41) is 11.2. The average Bonchev–Trinajstić information content (AvgIpc) is 3.23. The van der Waals surface area contributed by atoms with E-state index in [-0.39, 0.29) is 5.82 Å². The maximum absolute atomic E-state index is 11.3. The second kappa shape index (κ2) is 5.87. The Labute approximate surface area is 143 Å². The lowest BCUT2D eigenvalue weighted by molar-refractivity contribution is 0.0684. The first-order chi connectivity index (χ1) is 11.6. The zero-order valence-electron chi connectivity index (χ0n) is 13.3. The summed E-state index contributed by atoms with van der Waals surface area (Å²) in [4.78, 5) is 22.0. The number of anilines is 1. The number of rotatable bonds is 3. The number of aromatic nitrogens is 2. The van der Waals surface area contributed by atoms with Crippen molar-refractivity contribution in [1.82, 2.24) is 9.97 Å². The van der Waals surface area contributed by atoms with Gasteiger partial charge >= 0.3 is 5.97 Å². The van der Waals surface area contributed by atoms with Crippen molar-refractivity contribution in [3.8, 4) is 0 Å². The Hall–Kier alpha value is -2.47. The number of carbonyl (C=O) groups is 1. The number of aromatic carboxylic acids is 1. The van der Waals surface area contributed by atoms with E-state index >= 15 is 0 Å². The molecule has 1 N–H and O–H groups in total. The third-order valence-electron chi connectivity index (χ3n) is 4.59. The summed E-state index contributed by atoms with van der Waals surface area (Å²) < 4.78 is 0.963. The van der Waals surface area contributed by atoms with E-state index in [0.29, 0.717) is 11.4 Å². The first-order valence-electron chi connectivity index (χ1n) is 7.92. The van der Waals surface area contributed by atoms with Gasteiger partial charge in [-0.25, -0.2) is 14.8 Å². The number of carboxylic acids is 1. The number of thiophene rings is 1. The van der Waals surface area contributed by atoms with Crippen molar-refractivity contribution in [2.75, 3.05) is 18.0 Å². The van der Waals surface area contributed by atoms with Crippen LogP contribution < -0.4 is 4.90 Å². The van der Waals surface area contributed by atoms with E-state index < -0.39 is 5.97 Å². The highest BCUT2D eigenvalue weighted by molar-refractivity contribution is 7.17. The summed E-state index contributed by atoms with van der Waals surface area (Å²) in [5.74, 6) is -0.0119. The summed E-state index contributed by atoms with van der Waals surface area (Å²) in [5.41, 5.74) is 3.39. The van der Waals surface area contributed by atoms with Gasteiger partial charge in [0.2, 0.25) is 5.82 Å². The van der Waals surface area contributed by atoms with Gasteiger partial charge in [-0.2, -0.15) is 0 Å². The second-order valence-corrected chi connectivity index (χ2v) is 7.02. The zero-order valence-corrected chi connectivity index (χ0v) is 14.1. The van der Waals surface area contributed by atoms with Crippen molar-refractivity contribution in [3.05, 3.63) is 52.7 Å². The third-order valence-corrected chi connectivity index (χ3v) is 5.49. The fraction of sp³-hybridized carbons (Fsp3) is 0.278. The highest BCUT2D eigenvalue weighted by Crippen LogP contribution is 2.36. The molecule has 1 aromatic carbocycles. The molecule has 3 heterocycles. The Balaban J connectivity index is 1.70. The van der Waals surface area contributed by atoms with Crippen LogP contribution in [-0.2, 0) is 0 Å². The Kier molecular flexibility index (Phi) is 3.69. The van der Waals surface area contributed by atoms with Crippen molar-refractivity contribution in [1.29, 1.82) is 0 Å². The van der Waals surface area contributed by atoms with Crippen LogP contribution in [-0.4, -0.2) is 34.1 Å². The molecule has 0 bridgehead atoms. The van der Waals surface area contributed by atoms with Gasteiger partial charge in [-0.3, -0.25) is 0 Å². The number of carboxylic acid groups (broad SMARTS) is 1. The molecule has 2 aromatic heterocycles. The van der Waals surface area contributed by atoms with E-state index in [9.17, 15) is 9.90 Å². The van der Waals surface area contributed by atoms with E-state index in [2.05, 4.69) is 46.1 Å². The molecule has 24 heavy (non-hydrogen) atoms. The van der Waals surface area contributed by atoms with Crippen molar-refractivity contribution in [2.45, 2.75) is 19.3 Å². The summed E-state index contributed by atoms with van der Waals surface area (Å²) in [6, 6.07) is 10.3. The van der Waals surface area contributed by atoms with Crippen LogP contribution in [0.2, 0.25) is 0 Å². The molecule has 3 aromatic rings. The minimum atomic E-state index is -1.08.